The van der Waals surface area contributed by atoms with E-state index in [2.05, 4.69) is 32.8 Å². The Bertz CT molecular complexity index is 597. The fourth-order valence-corrected chi connectivity index (χ4v) is 1.64. The van der Waals surface area contributed by atoms with Crippen molar-refractivity contribution in [2.45, 2.75) is 0 Å². The molecule has 4 nitrogen and oxygen atoms in total. The average Bonchev–Trinajstić information content (AvgIpc) is 2.46. The first-order valence-corrected chi connectivity index (χ1v) is 6.74. The van der Waals surface area contributed by atoms with E-state index < -0.39 is 0 Å². The van der Waals surface area contributed by atoms with E-state index in [9.17, 15) is 4.79 Å². The summed E-state index contributed by atoms with van der Waals surface area (Å²) >= 11 is 3.19. The highest BCUT2D eigenvalue weighted by Gasteiger charge is 2.05. The highest BCUT2D eigenvalue weighted by Crippen LogP contribution is 2.20. The van der Waals surface area contributed by atoms with E-state index >= 15 is 0 Å². The van der Waals surface area contributed by atoms with Crippen LogP contribution < -0.4 is 10.1 Å². The molecule has 1 N–H and O–H groups in total. The molecule has 0 saturated heterocycles. The molecule has 0 fully saturated rings. The van der Waals surface area contributed by atoms with E-state index in [-0.39, 0.29) is 5.91 Å². The van der Waals surface area contributed by atoms with E-state index in [1.807, 2.05) is 6.07 Å². The number of nitrogens with one attached hydrogen (secondary N) is 1. The van der Waals surface area contributed by atoms with E-state index in [0.29, 0.717) is 23.6 Å². The highest BCUT2D eigenvalue weighted by atomic mass is 79.9. The highest BCUT2D eigenvalue weighted by molar-refractivity contribution is 9.11. The molecule has 1 amide bonds. The van der Waals surface area contributed by atoms with Gasteiger partial charge in [-0.3, -0.25) is 9.78 Å². The van der Waals surface area contributed by atoms with Gasteiger partial charge in [-0.25, -0.2) is 0 Å². The maximum atomic E-state index is 11.8. The second-order valence-electron chi connectivity index (χ2n) is 4.02. The van der Waals surface area contributed by atoms with Crippen molar-refractivity contribution in [2.24, 2.45) is 0 Å². The van der Waals surface area contributed by atoms with Crippen LogP contribution in [-0.2, 0) is 0 Å². The molecule has 0 atom stereocenters. The first-order chi connectivity index (χ1) is 9.65. The fourth-order valence-electron chi connectivity index (χ4n) is 1.50. The molecule has 0 bridgehead atoms. The van der Waals surface area contributed by atoms with E-state index in [0.717, 1.165) is 4.48 Å². The molecule has 0 aliphatic carbocycles. The summed E-state index contributed by atoms with van der Waals surface area (Å²) < 4.78 is 6.32. The summed E-state index contributed by atoms with van der Waals surface area (Å²) in [6.07, 6.45) is 3.31. The Morgan fingerprint density at radius 3 is 2.60 bits per heavy atom. The van der Waals surface area contributed by atoms with Gasteiger partial charge >= 0.3 is 0 Å². The molecule has 5 heteroatoms. The largest absolute Gasteiger partial charge is 0.456 e. The predicted molar refractivity (Wildman–Crippen MR) is 81.2 cm³/mol. The molecule has 1 aromatic heterocycles. The molecule has 0 aliphatic heterocycles. The quantitative estimate of drug-likeness (QED) is 0.911. The van der Waals surface area contributed by atoms with Crippen LogP contribution in [0.3, 0.4) is 0 Å². The van der Waals surface area contributed by atoms with Crippen molar-refractivity contribution < 1.29 is 9.53 Å². The number of rotatable bonds is 5. The summed E-state index contributed by atoms with van der Waals surface area (Å²) in [5.41, 5.74) is 0.567. The zero-order chi connectivity index (χ0) is 14.4. The van der Waals surface area contributed by atoms with Crippen LogP contribution in [0.4, 0.5) is 0 Å². The number of carbonyl (C=O) groups excluding carboxylic acids is 1. The molecule has 2 rings (SSSR count). The van der Waals surface area contributed by atoms with Crippen LogP contribution in [0.5, 0.6) is 11.5 Å². The van der Waals surface area contributed by atoms with Gasteiger partial charge in [-0.2, -0.15) is 0 Å². The Labute approximate surface area is 125 Å². The van der Waals surface area contributed by atoms with Gasteiger partial charge in [0.25, 0.3) is 5.91 Å². The number of hydrogen-bond donors (Lipinski definition) is 1. The molecule has 0 saturated carbocycles. The number of halogens is 1. The maximum Gasteiger partial charge on any atom is 0.251 e. The van der Waals surface area contributed by atoms with Gasteiger partial charge in [-0.05, 0) is 36.4 Å². The van der Waals surface area contributed by atoms with Crippen molar-refractivity contribution in [3.05, 3.63) is 65.4 Å². The Balaban J connectivity index is 1.99. The number of pyridine rings is 1. The van der Waals surface area contributed by atoms with Crippen molar-refractivity contribution in [1.82, 2.24) is 10.3 Å². The minimum absolute atomic E-state index is 0.154. The minimum Gasteiger partial charge on any atom is -0.456 e. The number of hydrogen-bond acceptors (Lipinski definition) is 3. The molecule has 0 radical (unpaired) electrons. The summed E-state index contributed by atoms with van der Waals surface area (Å²) in [6.45, 7) is 4.05. The van der Waals surface area contributed by atoms with Gasteiger partial charge in [-0.15, -0.1) is 0 Å². The molecule has 1 aromatic carbocycles. The maximum absolute atomic E-state index is 11.8. The fraction of sp³-hybridized carbons (Fsp3) is 0.0667. The van der Waals surface area contributed by atoms with Gasteiger partial charge in [0.1, 0.15) is 11.5 Å². The van der Waals surface area contributed by atoms with Crippen molar-refractivity contribution in [2.75, 3.05) is 6.54 Å². The van der Waals surface area contributed by atoms with E-state index in [1.165, 1.54) is 0 Å². The lowest BCUT2D eigenvalue weighted by atomic mass is 10.2. The predicted octanol–water partition coefficient (Wildman–Crippen LogP) is 3.51. The van der Waals surface area contributed by atoms with Gasteiger partial charge in [-0.1, -0.05) is 22.5 Å². The lowest BCUT2D eigenvalue weighted by Crippen LogP contribution is -2.24. The number of benzene rings is 1. The Hall–Kier alpha value is -2.14. The Kier molecular flexibility index (Phi) is 4.90. The number of aromatic nitrogens is 1. The normalized spacial score (nSPS) is 9.85. The molecule has 0 spiro atoms. The SMILES string of the molecule is C=C(Br)CNC(=O)c1ccc(Oc2cccnc2)cc1. The molecule has 2 aromatic rings. The van der Waals surface area contributed by atoms with Crippen LogP contribution in [0.1, 0.15) is 10.4 Å². The number of amides is 1. The van der Waals surface area contributed by atoms with Crippen LogP contribution in [0, 0.1) is 0 Å². The second-order valence-corrected chi connectivity index (χ2v) is 5.14. The minimum atomic E-state index is -0.154. The van der Waals surface area contributed by atoms with Crippen LogP contribution in [0.15, 0.2) is 59.9 Å². The van der Waals surface area contributed by atoms with Crippen molar-refractivity contribution >= 4 is 21.8 Å². The summed E-state index contributed by atoms with van der Waals surface area (Å²) in [4.78, 5) is 15.8. The summed E-state index contributed by atoms with van der Waals surface area (Å²) in [7, 11) is 0. The zero-order valence-corrected chi connectivity index (χ0v) is 12.3. The van der Waals surface area contributed by atoms with E-state index in [1.54, 1.807) is 42.7 Å². The van der Waals surface area contributed by atoms with Crippen molar-refractivity contribution in [1.29, 1.82) is 0 Å². The molecule has 1 heterocycles. The van der Waals surface area contributed by atoms with Crippen LogP contribution in [0.25, 0.3) is 0 Å². The Morgan fingerprint density at radius 2 is 2.00 bits per heavy atom. The molecule has 0 aliphatic rings. The van der Waals surface area contributed by atoms with Gasteiger partial charge in [0.15, 0.2) is 0 Å². The first-order valence-electron chi connectivity index (χ1n) is 5.94. The van der Waals surface area contributed by atoms with Crippen molar-refractivity contribution in [3.8, 4) is 11.5 Å². The first kappa shape index (κ1) is 14.3. The number of nitrogens with zero attached hydrogens (tertiary/aromatic N) is 1. The number of carbonyl (C=O) groups is 1. The average molecular weight is 333 g/mol. The third kappa shape index (κ3) is 4.20. The smallest absolute Gasteiger partial charge is 0.251 e. The standard InChI is InChI=1S/C15H13BrN2O2/c1-11(16)9-18-15(19)12-4-6-13(7-5-12)20-14-3-2-8-17-10-14/h2-8,10H,1,9H2,(H,18,19). The van der Waals surface area contributed by atoms with Crippen molar-refractivity contribution in [3.63, 3.8) is 0 Å². The monoisotopic (exact) mass is 332 g/mol. The van der Waals surface area contributed by atoms with Gasteiger partial charge in [0.2, 0.25) is 0 Å². The lowest BCUT2D eigenvalue weighted by molar-refractivity contribution is 0.0958. The van der Waals surface area contributed by atoms with Crippen LogP contribution in [-0.4, -0.2) is 17.4 Å². The lowest BCUT2D eigenvalue weighted by Gasteiger charge is -2.07. The van der Waals surface area contributed by atoms with Crippen LogP contribution >= 0.6 is 15.9 Å². The molecular weight excluding hydrogens is 320 g/mol. The van der Waals surface area contributed by atoms with Gasteiger partial charge < -0.3 is 10.1 Å². The summed E-state index contributed by atoms with van der Waals surface area (Å²) in [5.74, 6) is 1.15. The number of ether oxygens (including phenoxy) is 1. The summed E-state index contributed by atoms with van der Waals surface area (Å²) in [5, 5.41) is 2.73. The van der Waals surface area contributed by atoms with Crippen LogP contribution in [0.2, 0.25) is 0 Å². The molecule has 20 heavy (non-hydrogen) atoms. The molecule has 0 unspecified atom stereocenters. The van der Waals surface area contributed by atoms with Gasteiger partial charge in [0, 0.05) is 22.8 Å². The molecular formula is C15H13BrN2O2. The Morgan fingerprint density at radius 1 is 1.25 bits per heavy atom. The topological polar surface area (TPSA) is 51.2 Å². The zero-order valence-electron chi connectivity index (χ0n) is 10.7. The summed E-state index contributed by atoms with van der Waals surface area (Å²) in [6, 6.07) is 10.5. The third-order valence-corrected chi connectivity index (χ3v) is 2.71. The van der Waals surface area contributed by atoms with E-state index in [4.69, 9.17) is 4.74 Å². The second kappa shape index (κ2) is 6.86. The van der Waals surface area contributed by atoms with Gasteiger partial charge in [0.05, 0.1) is 6.20 Å². The molecule has 102 valence electrons. The third-order valence-electron chi connectivity index (χ3n) is 2.43.